The maximum atomic E-state index is 11.8. The van der Waals surface area contributed by atoms with Gasteiger partial charge >= 0.3 is 0 Å². The van der Waals surface area contributed by atoms with E-state index in [2.05, 4.69) is 15.9 Å². The molecule has 1 aromatic carbocycles. The van der Waals surface area contributed by atoms with Crippen molar-refractivity contribution in [1.82, 2.24) is 0 Å². The van der Waals surface area contributed by atoms with Gasteiger partial charge in [0.15, 0.2) is 0 Å². The van der Waals surface area contributed by atoms with Gasteiger partial charge in [0.1, 0.15) is 23.1 Å². The largest absolute Gasteiger partial charge is 0.300 e. The van der Waals surface area contributed by atoms with Crippen molar-refractivity contribution in [3.05, 3.63) is 34.3 Å². The van der Waals surface area contributed by atoms with E-state index < -0.39 is 0 Å². The van der Waals surface area contributed by atoms with Crippen LogP contribution in [0.5, 0.6) is 0 Å². The van der Waals surface area contributed by atoms with Crippen LogP contribution in [0.3, 0.4) is 0 Å². The first-order chi connectivity index (χ1) is 12.3. The number of Topliss-reactive ketones (excluding diaryl/α,β-unsaturated/α-hetero) is 4. The van der Waals surface area contributed by atoms with Gasteiger partial charge in [-0.25, -0.2) is 0 Å². The molecule has 2 aliphatic carbocycles. The molecule has 0 spiro atoms. The Morgan fingerprint density at radius 2 is 1.69 bits per heavy atom. The van der Waals surface area contributed by atoms with Crippen LogP contribution in [-0.4, -0.2) is 23.1 Å². The van der Waals surface area contributed by atoms with Crippen molar-refractivity contribution < 1.29 is 19.2 Å². The summed E-state index contributed by atoms with van der Waals surface area (Å²) in [6.45, 7) is 3.14. The van der Waals surface area contributed by atoms with Crippen molar-refractivity contribution in [1.29, 1.82) is 0 Å². The highest BCUT2D eigenvalue weighted by Crippen LogP contribution is 2.32. The first-order valence-corrected chi connectivity index (χ1v) is 9.86. The summed E-state index contributed by atoms with van der Waals surface area (Å²) < 4.78 is 1.04. The topological polar surface area (TPSA) is 68.3 Å². The lowest BCUT2D eigenvalue weighted by atomic mass is 9.95. The van der Waals surface area contributed by atoms with Crippen LogP contribution in [0.25, 0.3) is 0 Å². The molecule has 0 aliphatic heterocycles. The zero-order valence-electron chi connectivity index (χ0n) is 15.3. The van der Waals surface area contributed by atoms with E-state index in [-0.39, 0.29) is 40.9 Å². The zero-order chi connectivity index (χ0) is 19.3. The highest BCUT2D eigenvalue weighted by atomic mass is 79.9. The summed E-state index contributed by atoms with van der Waals surface area (Å²) in [6, 6.07) is 7.94. The number of hydrogen-bond donors (Lipinski definition) is 0. The number of carbonyl (C=O) groups excluding carboxylic acids is 4. The van der Waals surface area contributed by atoms with Crippen molar-refractivity contribution in [2.45, 2.75) is 52.4 Å². The number of hydrogen-bond acceptors (Lipinski definition) is 4. The fourth-order valence-electron chi connectivity index (χ4n) is 3.57. The second kappa shape index (κ2) is 9.36. The van der Waals surface area contributed by atoms with Gasteiger partial charge in [0.2, 0.25) is 0 Å². The molecule has 0 saturated heterocycles. The summed E-state index contributed by atoms with van der Waals surface area (Å²) in [5, 5.41) is 0. The first-order valence-electron chi connectivity index (χ1n) is 9.06. The number of benzene rings is 1. The first kappa shape index (κ1) is 20.7. The molecular weight excluding hydrogens is 396 g/mol. The molecule has 2 saturated carbocycles. The lowest BCUT2D eigenvalue weighted by molar-refractivity contribution is -0.124. The van der Waals surface area contributed by atoms with Gasteiger partial charge in [0, 0.05) is 41.5 Å². The summed E-state index contributed by atoms with van der Waals surface area (Å²) in [5.41, 5.74) is 1.15. The minimum absolute atomic E-state index is 0.0163. The smallest absolute Gasteiger partial charge is 0.137 e. The van der Waals surface area contributed by atoms with Crippen LogP contribution in [0.4, 0.5) is 0 Å². The van der Waals surface area contributed by atoms with Gasteiger partial charge < -0.3 is 0 Å². The van der Waals surface area contributed by atoms with Crippen molar-refractivity contribution in [2.75, 3.05) is 0 Å². The molecule has 0 bridgehead atoms. The number of carbonyl (C=O) groups is 4. The van der Waals surface area contributed by atoms with Crippen molar-refractivity contribution in [3.63, 3.8) is 0 Å². The molecule has 26 heavy (non-hydrogen) atoms. The van der Waals surface area contributed by atoms with Crippen LogP contribution in [-0.2, 0) is 25.6 Å². The summed E-state index contributed by atoms with van der Waals surface area (Å²) in [6.07, 6.45) is 3.79. The average Bonchev–Trinajstić information content (AvgIpc) is 3.17. The molecule has 2 fully saturated rings. The highest BCUT2D eigenvalue weighted by molar-refractivity contribution is 9.10. The Bertz CT molecular complexity index is 710. The number of halogens is 1. The third-order valence-electron chi connectivity index (χ3n) is 5.29. The van der Waals surface area contributed by atoms with Gasteiger partial charge in [0.25, 0.3) is 0 Å². The van der Waals surface area contributed by atoms with Crippen LogP contribution in [0.2, 0.25) is 0 Å². The second-order valence-corrected chi connectivity index (χ2v) is 8.15. The van der Waals surface area contributed by atoms with Crippen molar-refractivity contribution in [3.8, 4) is 0 Å². The summed E-state index contributed by atoms with van der Waals surface area (Å²) in [5.74, 6) is 0.820. The third-order valence-corrected chi connectivity index (χ3v) is 6.07. The molecule has 0 N–H and O–H groups in total. The Kier molecular flexibility index (Phi) is 7.44. The molecule has 0 radical (unpaired) electrons. The van der Waals surface area contributed by atoms with E-state index in [4.69, 9.17) is 0 Å². The van der Waals surface area contributed by atoms with E-state index in [1.807, 2.05) is 24.3 Å². The lowest BCUT2D eigenvalue weighted by Gasteiger charge is -2.10. The van der Waals surface area contributed by atoms with Gasteiger partial charge in [-0.2, -0.15) is 0 Å². The summed E-state index contributed by atoms with van der Waals surface area (Å²) >= 11 is 3.49. The molecule has 0 heterocycles. The zero-order valence-corrected chi connectivity index (χ0v) is 16.9. The van der Waals surface area contributed by atoms with E-state index >= 15 is 0 Å². The summed E-state index contributed by atoms with van der Waals surface area (Å²) in [7, 11) is 0. The minimum atomic E-state index is -0.0463. The maximum Gasteiger partial charge on any atom is 0.137 e. The molecule has 3 atom stereocenters. The van der Waals surface area contributed by atoms with Crippen molar-refractivity contribution in [2.24, 2.45) is 17.8 Å². The monoisotopic (exact) mass is 420 g/mol. The summed E-state index contributed by atoms with van der Waals surface area (Å²) in [4.78, 5) is 44.4. The minimum Gasteiger partial charge on any atom is -0.300 e. The molecule has 5 heteroatoms. The van der Waals surface area contributed by atoms with Gasteiger partial charge in [-0.15, -0.1) is 0 Å². The van der Waals surface area contributed by atoms with Crippen molar-refractivity contribution >= 4 is 39.1 Å². The number of ketones is 4. The van der Waals surface area contributed by atoms with Crippen LogP contribution in [0.15, 0.2) is 28.7 Å². The predicted molar refractivity (Wildman–Crippen MR) is 103 cm³/mol. The Hall–Kier alpha value is -1.62. The standard InChI is InChI=1S/C14H15BrO2.C7H10O2/c1-9(16)11-7-12(14(17)8-11)6-10-4-2-3-5-13(10)15;1-5(8)6-2-3-7(9)4-6/h2-5,11-12H,6-8H2,1H3;6H,2-4H2,1H3/t11-,12-;6-/m00/s1. The fraction of sp³-hybridized carbons (Fsp3) is 0.524. The van der Waals surface area contributed by atoms with Gasteiger partial charge in [0.05, 0.1) is 0 Å². The van der Waals surface area contributed by atoms with E-state index in [9.17, 15) is 19.2 Å². The normalized spacial score (nSPS) is 25.0. The molecular formula is C21H25BrO4. The maximum absolute atomic E-state index is 11.8. The van der Waals surface area contributed by atoms with Gasteiger partial charge in [-0.3, -0.25) is 19.2 Å². The Labute approximate surface area is 162 Å². The van der Waals surface area contributed by atoms with Gasteiger partial charge in [-0.1, -0.05) is 34.1 Å². The molecule has 0 amide bonds. The van der Waals surface area contributed by atoms with Gasteiger partial charge in [-0.05, 0) is 44.7 Å². The van der Waals surface area contributed by atoms with Crippen LogP contribution >= 0.6 is 15.9 Å². The predicted octanol–water partition coefficient (Wildman–Crippen LogP) is 4.12. The Balaban J connectivity index is 0.000000228. The SMILES string of the molecule is CC(=O)[C@@H]1CC(=O)[C@@H](Cc2ccccc2Br)C1.CC(=O)[C@H]1CCC(=O)C1. The average molecular weight is 421 g/mol. The van der Waals surface area contributed by atoms with E-state index in [0.717, 1.165) is 29.3 Å². The molecule has 0 aromatic heterocycles. The van der Waals surface area contributed by atoms with E-state index in [0.29, 0.717) is 19.3 Å². The Morgan fingerprint density at radius 3 is 2.15 bits per heavy atom. The van der Waals surface area contributed by atoms with Crippen LogP contribution < -0.4 is 0 Å². The van der Waals surface area contributed by atoms with Crippen LogP contribution in [0.1, 0.15) is 51.5 Å². The molecule has 1 aromatic rings. The molecule has 3 rings (SSSR count). The molecule has 140 valence electrons. The molecule has 0 unspecified atom stereocenters. The van der Waals surface area contributed by atoms with E-state index in [1.54, 1.807) is 13.8 Å². The second-order valence-electron chi connectivity index (χ2n) is 7.30. The Morgan fingerprint density at radius 1 is 1.04 bits per heavy atom. The molecule has 4 nitrogen and oxygen atoms in total. The fourth-order valence-corrected chi connectivity index (χ4v) is 4.01. The highest BCUT2D eigenvalue weighted by Gasteiger charge is 2.34. The molecule has 2 aliphatic rings. The van der Waals surface area contributed by atoms with E-state index in [1.165, 1.54) is 0 Å². The third kappa shape index (κ3) is 5.70. The lowest BCUT2D eigenvalue weighted by Crippen LogP contribution is -2.10. The number of rotatable bonds is 4. The van der Waals surface area contributed by atoms with Crippen LogP contribution in [0, 0.1) is 17.8 Å². The quantitative estimate of drug-likeness (QED) is 0.734.